The summed E-state index contributed by atoms with van der Waals surface area (Å²) in [5, 5.41) is 47.0. The fourth-order valence-electron chi connectivity index (χ4n) is 9.09. The third-order valence-corrected chi connectivity index (χ3v) is 10.6. The van der Waals surface area contributed by atoms with Crippen LogP contribution < -0.4 is 5.73 Å². The fourth-order valence-corrected chi connectivity index (χ4v) is 9.09. The Morgan fingerprint density at radius 3 is 2.32 bits per heavy atom. The maximum atomic E-state index is 14.3. The van der Waals surface area contributed by atoms with Crippen LogP contribution in [0.15, 0.2) is 18.2 Å². The summed E-state index contributed by atoms with van der Waals surface area (Å²) in [5.41, 5.74) is 0.321. The van der Waals surface area contributed by atoms with Gasteiger partial charge >= 0.3 is 0 Å². The number of carbonyl (C=O) groups is 4. The highest BCUT2D eigenvalue weighted by atomic mass is 16.5. The SMILES string of the molecule is CCCOC[C@@H]1c2cccc(O)c2C(=O)[C@@H]2C(O)[C@@]3(O)C(=O)[C@H](C(N)=O)C(O)[C@H](C(C)C)[C@@]3(C)[C@H](CC(C)=O)[C@@]12C. The van der Waals surface area contributed by atoms with E-state index < -0.39 is 81.6 Å². The summed E-state index contributed by atoms with van der Waals surface area (Å²) >= 11 is 0. The second-order valence-corrected chi connectivity index (χ2v) is 13.0. The number of fused-ring (bicyclic) bond motifs is 3. The van der Waals surface area contributed by atoms with E-state index in [1.54, 1.807) is 39.8 Å². The highest BCUT2D eigenvalue weighted by Crippen LogP contribution is 2.71. The lowest BCUT2D eigenvalue weighted by atomic mass is 9.33. The summed E-state index contributed by atoms with van der Waals surface area (Å²) in [7, 11) is 0. The number of hydrogen-bond donors (Lipinski definition) is 5. The number of aromatic hydroxyl groups is 1. The molecule has 226 valence electrons. The van der Waals surface area contributed by atoms with Gasteiger partial charge in [0, 0.05) is 24.4 Å². The number of aliphatic hydroxyl groups is 3. The van der Waals surface area contributed by atoms with E-state index >= 15 is 0 Å². The lowest BCUT2D eigenvalue weighted by Crippen LogP contribution is -2.82. The highest BCUT2D eigenvalue weighted by Gasteiger charge is 2.80. The first-order valence-electron chi connectivity index (χ1n) is 14.4. The number of benzene rings is 1. The summed E-state index contributed by atoms with van der Waals surface area (Å²) < 4.78 is 6.02. The molecule has 0 aromatic heterocycles. The molecule has 0 radical (unpaired) electrons. The van der Waals surface area contributed by atoms with Crippen LogP contribution in [0.5, 0.6) is 5.75 Å². The number of carbonyl (C=O) groups excluding carboxylic acids is 4. The van der Waals surface area contributed by atoms with E-state index in [0.717, 1.165) is 0 Å². The summed E-state index contributed by atoms with van der Waals surface area (Å²) in [4.78, 5) is 53.9. The Balaban J connectivity index is 2.12. The van der Waals surface area contributed by atoms with E-state index in [1.807, 2.05) is 6.92 Å². The molecule has 10 heteroatoms. The van der Waals surface area contributed by atoms with Crippen molar-refractivity contribution in [2.45, 2.75) is 78.1 Å². The molecule has 4 rings (SSSR count). The van der Waals surface area contributed by atoms with Gasteiger partial charge < -0.3 is 35.7 Å². The molecule has 3 aliphatic rings. The number of nitrogens with two attached hydrogens (primary N) is 1. The molecular weight excluding hydrogens is 530 g/mol. The average Bonchev–Trinajstić information content (AvgIpc) is 2.86. The topological polar surface area (TPSA) is 184 Å². The van der Waals surface area contributed by atoms with Crippen molar-refractivity contribution >= 4 is 23.3 Å². The summed E-state index contributed by atoms with van der Waals surface area (Å²) in [6.07, 6.45) is -3.12. The van der Waals surface area contributed by atoms with Crippen molar-refractivity contribution in [1.29, 1.82) is 0 Å². The lowest BCUT2D eigenvalue weighted by molar-refractivity contribution is -0.294. The smallest absolute Gasteiger partial charge is 0.230 e. The standard InChI is InChI=1S/C31H43NO9/c1-7-11-41-13-17-16-9-8-10-18(34)20(16)24(35)23-27(38)31(40)26(37)21(28(32)39)25(36)22(14(2)3)30(31,6)19(12-15(4)33)29(17,23)5/h8-10,14,17,19,21-23,25,27,34,36,38,40H,7,11-13H2,1-6H3,(H2,32,39)/t17-,19-,21-,22+,23-,25?,27?,29-,30-,31+/m1/s1. The van der Waals surface area contributed by atoms with Crippen molar-refractivity contribution in [2.24, 2.45) is 46.2 Å². The number of rotatable bonds is 8. The zero-order chi connectivity index (χ0) is 30.8. The summed E-state index contributed by atoms with van der Waals surface area (Å²) in [6.45, 7) is 10.6. The number of phenols is 1. The molecule has 2 unspecified atom stereocenters. The Morgan fingerprint density at radius 1 is 1.15 bits per heavy atom. The molecule has 0 bridgehead atoms. The first-order chi connectivity index (χ1) is 19.0. The zero-order valence-electron chi connectivity index (χ0n) is 24.6. The van der Waals surface area contributed by atoms with Crippen molar-refractivity contribution in [3.05, 3.63) is 29.3 Å². The van der Waals surface area contributed by atoms with Gasteiger partial charge in [-0.15, -0.1) is 0 Å². The lowest BCUT2D eigenvalue weighted by Gasteiger charge is -2.71. The third-order valence-electron chi connectivity index (χ3n) is 10.6. The van der Waals surface area contributed by atoms with Gasteiger partial charge in [0.2, 0.25) is 5.91 Å². The first-order valence-corrected chi connectivity index (χ1v) is 14.4. The molecule has 1 aromatic carbocycles. The molecule has 1 aromatic rings. The van der Waals surface area contributed by atoms with Crippen LogP contribution >= 0.6 is 0 Å². The van der Waals surface area contributed by atoms with E-state index in [1.165, 1.54) is 13.0 Å². The molecule has 6 N–H and O–H groups in total. The molecule has 2 saturated carbocycles. The molecule has 0 spiro atoms. The van der Waals surface area contributed by atoms with Gasteiger partial charge in [-0.25, -0.2) is 0 Å². The van der Waals surface area contributed by atoms with Gasteiger partial charge in [0.25, 0.3) is 0 Å². The fraction of sp³-hybridized carbons (Fsp3) is 0.677. The number of ketones is 3. The van der Waals surface area contributed by atoms with Gasteiger partial charge in [0.05, 0.1) is 24.2 Å². The van der Waals surface area contributed by atoms with Crippen molar-refractivity contribution < 1.29 is 44.3 Å². The van der Waals surface area contributed by atoms with Crippen LogP contribution in [0.1, 0.15) is 76.2 Å². The van der Waals surface area contributed by atoms with Crippen LogP contribution in [0.4, 0.5) is 0 Å². The van der Waals surface area contributed by atoms with Crippen molar-refractivity contribution in [3.8, 4) is 5.75 Å². The van der Waals surface area contributed by atoms with E-state index in [4.69, 9.17) is 10.5 Å². The predicted molar refractivity (Wildman–Crippen MR) is 148 cm³/mol. The number of hydrogen-bond acceptors (Lipinski definition) is 9. The van der Waals surface area contributed by atoms with Gasteiger partial charge in [-0.1, -0.05) is 46.8 Å². The minimum absolute atomic E-state index is 0.0388. The largest absolute Gasteiger partial charge is 0.507 e. The maximum Gasteiger partial charge on any atom is 0.230 e. The average molecular weight is 574 g/mol. The Morgan fingerprint density at radius 2 is 1.78 bits per heavy atom. The second-order valence-electron chi connectivity index (χ2n) is 13.0. The van der Waals surface area contributed by atoms with Gasteiger partial charge in [-0.3, -0.25) is 14.4 Å². The van der Waals surface area contributed by atoms with Crippen LogP contribution in [-0.4, -0.2) is 74.7 Å². The molecule has 0 aliphatic heterocycles. The first kappa shape index (κ1) is 31.3. The van der Waals surface area contributed by atoms with Gasteiger partial charge in [0.15, 0.2) is 17.2 Å². The monoisotopic (exact) mass is 573 g/mol. The second kappa shape index (κ2) is 10.6. The normalized spacial score (nSPS) is 40.1. The molecule has 1 amide bonds. The maximum absolute atomic E-state index is 14.3. The number of phenolic OH excluding ortho intramolecular Hbond substituents is 1. The Kier molecular flexibility index (Phi) is 8.06. The van der Waals surface area contributed by atoms with Gasteiger partial charge in [0.1, 0.15) is 23.6 Å². The summed E-state index contributed by atoms with van der Waals surface area (Å²) in [6, 6.07) is 4.67. The van der Waals surface area contributed by atoms with Crippen molar-refractivity contribution in [2.75, 3.05) is 13.2 Å². The van der Waals surface area contributed by atoms with E-state index in [-0.39, 0.29) is 30.1 Å². The molecule has 41 heavy (non-hydrogen) atoms. The number of ether oxygens (including phenoxy) is 1. The van der Waals surface area contributed by atoms with E-state index in [0.29, 0.717) is 18.6 Å². The van der Waals surface area contributed by atoms with Gasteiger partial charge in [-0.05, 0) is 48.1 Å². The van der Waals surface area contributed by atoms with Crippen LogP contribution in [0, 0.1) is 40.4 Å². The van der Waals surface area contributed by atoms with Crippen molar-refractivity contribution in [1.82, 2.24) is 0 Å². The molecule has 2 fully saturated rings. The zero-order valence-corrected chi connectivity index (χ0v) is 24.6. The van der Waals surface area contributed by atoms with E-state index in [2.05, 4.69) is 0 Å². The molecule has 3 aliphatic carbocycles. The van der Waals surface area contributed by atoms with Crippen LogP contribution in [0.2, 0.25) is 0 Å². The number of amides is 1. The third kappa shape index (κ3) is 4.05. The number of aliphatic hydroxyl groups excluding tert-OH is 2. The Bertz CT molecular complexity index is 1260. The quantitative estimate of drug-likeness (QED) is 0.228. The number of primary amides is 1. The van der Waals surface area contributed by atoms with Gasteiger partial charge in [-0.2, -0.15) is 0 Å². The predicted octanol–water partition coefficient (Wildman–Crippen LogP) is 1.75. The highest BCUT2D eigenvalue weighted by molar-refractivity contribution is 6.09. The van der Waals surface area contributed by atoms with Crippen LogP contribution in [0.25, 0.3) is 0 Å². The van der Waals surface area contributed by atoms with E-state index in [9.17, 15) is 39.6 Å². The molecule has 0 saturated heterocycles. The van der Waals surface area contributed by atoms with Crippen LogP contribution in [-0.2, 0) is 19.1 Å². The Labute approximate surface area is 240 Å². The molecule has 10 atom stereocenters. The number of Topliss-reactive ketones (excluding diaryl/α,β-unsaturated/α-hetero) is 3. The van der Waals surface area contributed by atoms with Crippen molar-refractivity contribution in [3.63, 3.8) is 0 Å². The molecular formula is C31H43NO9. The van der Waals surface area contributed by atoms with Crippen LogP contribution in [0.3, 0.4) is 0 Å². The minimum atomic E-state index is -2.72. The Hall–Kier alpha value is -2.66. The molecule has 0 heterocycles. The minimum Gasteiger partial charge on any atom is -0.507 e. The summed E-state index contributed by atoms with van der Waals surface area (Å²) in [5.74, 6) is -9.90. The molecule has 10 nitrogen and oxygen atoms in total.